The molecule has 15 heteroatoms. The topological polar surface area (TPSA) is 150 Å². The van der Waals surface area contributed by atoms with Crippen molar-refractivity contribution in [1.82, 2.24) is 19.9 Å². The minimum atomic E-state index is -4.46. The van der Waals surface area contributed by atoms with Crippen molar-refractivity contribution in [3.63, 3.8) is 0 Å². The molecule has 0 saturated carbocycles. The van der Waals surface area contributed by atoms with E-state index in [2.05, 4.69) is 48.3 Å². The first kappa shape index (κ1) is 43.3. The number of amides is 1. The molecule has 1 aliphatic heterocycles. The Bertz CT molecular complexity index is 2510. The Morgan fingerprint density at radius 1 is 0.852 bits per heavy atom. The minimum absolute atomic E-state index is 0.147. The zero-order valence-electron chi connectivity index (χ0n) is 33.3. The molecule has 6 aromatic rings. The van der Waals surface area contributed by atoms with Gasteiger partial charge in [0.2, 0.25) is 0 Å². The first-order valence-electron chi connectivity index (χ1n) is 19.9. The van der Waals surface area contributed by atoms with Gasteiger partial charge in [0.1, 0.15) is 5.69 Å². The number of nitrogens with one attached hydrogen (secondary N) is 3. The van der Waals surface area contributed by atoms with Crippen molar-refractivity contribution < 1.29 is 18.1 Å². The molecule has 7 rings (SSSR count). The number of hydrogen-bond donors (Lipinski definition) is 3. The number of halogens is 1. The first-order valence-corrected chi connectivity index (χ1v) is 22.8. The van der Waals surface area contributed by atoms with Gasteiger partial charge in [-0.3, -0.25) is 24.8 Å². The summed E-state index contributed by atoms with van der Waals surface area (Å²) in [6.07, 6.45) is 4.10. The summed E-state index contributed by atoms with van der Waals surface area (Å²) in [5, 5.41) is 19.7. The van der Waals surface area contributed by atoms with Gasteiger partial charge in [-0.1, -0.05) is 66.2 Å². The Balaban J connectivity index is 0.952. The smallest absolute Gasteiger partial charge is 0.293 e. The van der Waals surface area contributed by atoms with Crippen LogP contribution < -0.4 is 20.3 Å². The molecule has 5 aromatic carbocycles. The lowest BCUT2D eigenvalue weighted by Gasteiger charge is -2.36. The molecule has 61 heavy (non-hydrogen) atoms. The average Bonchev–Trinajstić information content (AvgIpc) is 3.28. The number of nitro benzene ring substituents is 1. The van der Waals surface area contributed by atoms with Gasteiger partial charge in [-0.2, -0.15) is 0 Å². The predicted octanol–water partition coefficient (Wildman–Crippen LogP) is 8.50. The number of benzene rings is 5. The predicted molar refractivity (Wildman–Crippen MR) is 244 cm³/mol. The lowest BCUT2D eigenvalue weighted by Crippen LogP contribution is -2.46. The Morgan fingerprint density at radius 3 is 2.28 bits per heavy atom. The van der Waals surface area contributed by atoms with E-state index in [1.807, 2.05) is 72.8 Å². The van der Waals surface area contributed by atoms with E-state index in [-0.39, 0.29) is 17.3 Å². The van der Waals surface area contributed by atoms with E-state index < -0.39 is 31.4 Å². The molecule has 1 amide bonds. The number of carbonyl (C=O) groups is 1. The second-order valence-electron chi connectivity index (χ2n) is 14.6. The van der Waals surface area contributed by atoms with E-state index in [1.165, 1.54) is 23.3 Å². The van der Waals surface area contributed by atoms with E-state index in [1.54, 1.807) is 48.4 Å². The molecule has 0 unspecified atom stereocenters. The molecule has 314 valence electrons. The van der Waals surface area contributed by atoms with Gasteiger partial charge in [-0.15, -0.1) is 11.8 Å². The number of aromatic nitrogens is 1. The van der Waals surface area contributed by atoms with Crippen LogP contribution in [0.4, 0.5) is 17.1 Å². The van der Waals surface area contributed by atoms with Crippen LogP contribution in [-0.4, -0.2) is 73.7 Å². The van der Waals surface area contributed by atoms with Gasteiger partial charge >= 0.3 is 0 Å². The number of nitrogens with zero attached hydrogens (tertiary/aromatic N) is 4. The molecule has 12 nitrogen and oxygen atoms in total. The highest BCUT2D eigenvalue weighted by Gasteiger charge is 2.26. The Hall–Kier alpha value is -5.77. The monoisotopic (exact) mass is 875 g/mol. The van der Waals surface area contributed by atoms with Crippen LogP contribution in [0.1, 0.15) is 27.9 Å². The van der Waals surface area contributed by atoms with Crippen LogP contribution in [0, 0.1) is 10.1 Å². The summed E-state index contributed by atoms with van der Waals surface area (Å²) in [5.74, 6) is -0.234. The van der Waals surface area contributed by atoms with Crippen molar-refractivity contribution in [2.24, 2.45) is 0 Å². The normalized spacial score (nSPS) is 13.7. The van der Waals surface area contributed by atoms with E-state index in [0.29, 0.717) is 30.3 Å². The zero-order valence-corrected chi connectivity index (χ0v) is 35.7. The third-order valence-corrected chi connectivity index (χ3v) is 13.2. The molecule has 2 heterocycles. The number of piperazine rings is 1. The SMILES string of the molecule is O=C(NS(=O)(=O)c1ccc(N[C@H](CCNCc2ccncc2)CSc2ccccc2)c([N+](=O)[O-])c1)c1ccc(N2CCN(Cc3ccccc3-c3ccc(Cl)cc3)CC2)cc1. The standard InChI is InChI=1S/C46H46ClN7O5S2/c47-38-14-10-35(11-15-38)43-9-5-4-6-37(43)32-52-26-28-53(29-27-52)40-16-12-36(13-17-40)46(55)51-61(58,59)42-18-19-44(45(30-42)54(56)57)50-39(33-60-41-7-2-1-3-8-41)22-25-49-31-34-20-23-48-24-21-34/h1-21,23-24,30,39,49-50H,22,25-29,31-33H2,(H,51,55)/t39-/m1/s1. The molecule has 0 spiro atoms. The van der Waals surface area contributed by atoms with E-state index >= 15 is 0 Å². The van der Waals surface area contributed by atoms with Crippen LogP contribution in [0.2, 0.25) is 5.02 Å². The quantitative estimate of drug-likeness (QED) is 0.0330. The largest absolute Gasteiger partial charge is 0.376 e. The molecule has 1 fully saturated rings. The minimum Gasteiger partial charge on any atom is -0.376 e. The van der Waals surface area contributed by atoms with Gasteiger partial charge < -0.3 is 15.5 Å². The maximum Gasteiger partial charge on any atom is 0.293 e. The molecular weight excluding hydrogens is 830 g/mol. The number of rotatable bonds is 18. The van der Waals surface area contributed by atoms with Gasteiger partial charge in [-0.25, -0.2) is 13.1 Å². The van der Waals surface area contributed by atoms with Crippen LogP contribution in [0.25, 0.3) is 11.1 Å². The summed E-state index contributed by atoms with van der Waals surface area (Å²) in [7, 11) is -4.46. The second-order valence-corrected chi connectivity index (χ2v) is 17.8. The molecular formula is C46H46ClN7O5S2. The highest BCUT2D eigenvalue weighted by atomic mass is 35.5. The number of nitro groups is 1. The first-order chi connectivity index (χ1) is 29.6. The van der Waals surface area contributed by atoms with Crippen LogP contribution >= 0.6 is 23.4 Å². The molecule has 1 atom stereocenters. The highest BCUT2D eigenvalue weighted by molar-refractivity contribution is 7.99. The summed E-state index contributed by atoms with van der Waals surface area (Å²) in [4.78, 5) is 34.3. The Morgan fingerprint density at radius 2 is 1.56 bits per heavy atom. The van der Waals surface area contributed by atoms with Crippen molar-refractivity contribution in [3.8, 4) is 11.1 Å². The number of pyridine rings is 1. The Labute approximate surface area is 365 Å². The molecule has 1 aliphatic rings. The van der Waals surface area contributed by atoms with Gasteiger partial charge in [0, 0.05) is 90.7 Å². The maximum absolute atomic E-state index is 13.5. The lowest BCUT2D eigenvalue weighted by molar-refractivity contribution is -0.384. The van der Waals surface area contributed by atoms with E-state index in [4.69, 9.17) is 11.6 Å². The lowest BCUT2D eigenvalue weighted by atomic mass is 9.99. The van der Waals surface area contributed by atoms with Crippen molar-refractivity contribution in [2.75, 3.05) is 48.7 Å². The fourth-order valence-corrected chi connectivity index (χ4v) is 9.24. The summed E-state index contributed by atoms with van der Waals surface area (Å²) in [6, 6.07) is 40.2. The third-order valence-electron chi connectivity index (χ3n) is 10.4. The molecule has 0 aliphatic carbocycles. The summed E-state index contributed by atoms with van der Waals surface area (Å²) >= 11 is 7.74. The van der Waals surface area contributed by atoms with Gasteiger partial charge in [-0.05, 0) is 108 Å². The highest BCUT2D eigenvalue weighted by Crippen LogP contribution is 2.31. The van der Waals surface area contributed by atoms with Crippen LogP contribution in [0.3, 0.4) is 0 Å². The van der Waals surface area contributed by atoms with Crippen LogP contribution in [-0.2, 0) is 23.1 Å². The van der Waals surface area contributed by atoms with Crippen LogP contribution in [0.5, 0.6) is 0 Å². The summed E-state index contributed by atoms with van der Waals surface area (Å²) < 4.78 is 29.0. The van der Waals surface area contributed by atoms with Crippen molar-refractivity contribution in [2.45, 2.75) is 35.3 Å². The number of sulfonamides is 1. The van der Waals surface area contributed by atoms with Crippen LogP contribution in [0.15, 0.2) is 156 Å². The molecule has 3 N–H and O–H groups in total. The van der Waals surface area contributed by atoms with Crippen molar-refractivity contribution >= 4 is 56.4 Å². The number of thioether (sulfide) groups is 1. The molecule has 0 bridgehead atoms. The number of anilines is 2. The zero-order chi connectivity index (χ0) is 42.6. The second kappa shape index (κ2) is 20.7. The van der Waals surface area contributed by atoms with Gasteiger partial charge in [0.15, 0.2) is 0 Å². The fourth-order valence-electron chi connectivity index (χ4n) is 7.13. The average molecular weight is 877 g/mol. The van der Waals surface area contributed by atoms with Gasteiger partial charge in [0.05, 0.1) is 9.82 Å². The van der Waals surface area contributed by atoms with E-state index in [0.717, 1.165) is 60.5 Å². The summed E-state index contributed by atoms with van der Waals surface area (Å²) in [6.45, 7) is 5.32. The molecule has 1 saturated heterocycles. The molecule has 0 radical (unpaired) electrons. The maximum atomic E-state index is 13.5. The third kappa shape index (κ3) is 12.0. The molecule has 1 aromatic heterocycles. The Kier molecular flexibility index (Phi) is 14.7. The van der Waals surface area contributed by atoms with E-state index in [9.17, 15) is 23.3 Å². The number of hydrogen-bond acceptors (Lipinski definition) is 11. The van der Waals surface area contributed by atoms with Gasteiger partial charge in [0.25, 0.3) is 21.6 Å². The fraction of sp³-hybridized carbons (Fsp3) is 0.217. The number of carbonyl (C=O) groups excluding carboxylic acids is 1. The van der Waals surface area contributed by atoms with Crippen molar-refractivity contribution in [3.05, 3.63) is 178 Å². The van der Waals surface area contributed by atoms with Crippen molar-refractivity contribution in [1.29, 1.82) is 0 Å². The summed E-state index contributed by atoms with van der Waals surface area (Å²) in [5.41, 5.74) is 5.47.